The fraction of sp³-hybridized carbons (Fsp3) is 0.474. The summed E-state index contributed by atoms with van der Waals surface area (Å²) in [7, 11) is 0. The van der Waals surface area contributed by atoms with Crippen LogP contribution >= 0.6 is 11.3 Å². The van der Waals surface area contributed by atoms with Crippen molar-refractivity contribution in [3.63, 3.8) is 0 Å². The maximum atomic E-state index is 13.4. The Balaban J connectivity index is 1.63. The molecule has 1 aromatic carbocycles. The molecule has 5 heteroatoms. The van der Waals surface area contributed by atoms with Crippen LogP contribution in [0.15, 0.2) is 29.6 Å². The molecule has 2 unspecified atom stereocenters. The fourth-order valence-electron chi connectivity index (χ4n) is 3.78. The molecule has 0 radical (unpaired) electrons. The molecule has 0 saturated carbocycles. The molecular formula is C19H22N2O2S. The van der Waals surface area contributed by atoms with Crippen molar-refractivity contribution in [1.82, 2.24) is 9.88 Å². The zero-order valence-corrected chi connectivity index (χ0v) is 14.7. The number of thiazole rings is 1. The number of carbonyl (C=O) groups excluding carboxylic acids is 1. The standard InChI is InChI=1S/C19H22N2O2S/c1-13-12-24-18(20-13)16-7-4-5-10-21(16)19(22)15-9-11-23-17-8-3-2-6-14(15)17/h2-3,6,8,12,15-16H,4-5,7,9-11H2,1H3. The number of carbonyl (C=O) groups is 1. The van der Waals surface area contributed by atoms with E-state index in [1.54, 1.807) is 11.3 Å². The van der Waals surface area contributed by atoms with Crippen LogP contribution < -0.4 is 4.74 Å². The number of hydrogen-bond acceptors (Lipinski definition) is 4. The van der Waals surface area contributed by atoms with Crippen LogP contribution in [0.2, 0.25) is 0 Å². The molecule has 0 bridgehead atoms. The van der Waals surface area contributed by atoms with Crippen LogP contribution in [0.4, 0.5) is 0 Å². The molecule has 1 aromatic heterocycles. The van der Waals surface area contributed by atoms with Crippen LogP contribution in [0.1, 0.15) is 53.9 Å². The highest BCUT2D eigenvalue weighted by Gasteiger charge is 2.36. The second-order valence-electron chi connectivity index (χ2n) is 6.60. The first-order chi connectivity index (χ1) is 11.7. The van der Waals surface area contributed by atoms with E-state index in [-0.39, 0.29) is 17.9 Å². The number of aromatic nitrogens is 1. The van der Waals surface area contributed by atoms with E-state index in [1.807, 2.05) is 31.2 Å². The van der Waals surface area contributed by atoms with E-state index in [2.05, 4.69) is 15.3 Å². The Morgan fingerprint density at radius 1 is 1.29 bits per heavy atom. The Bertz CT molecular complexity index is 742. The van der Waals surface area contributed by atoms with Gasteiger partial charge in [0.2, 0.25) is 5.91 Å². The van der Waals surface area contributed by atoms with Gasteiger partial charge in [-0.3, -0.25) is 4.79 Å². The molecule has 2 aliphatic heterocycles. The van der Waals surface area contributed by atoms with Crippen molar-refractivity contribution in [2.24, 2.45) is 0 Å². The molecule has 24 heavy (non-hydrogen) atoms. The first kappa shape index (κ1) is 15.6. The number of likely N-dealkylation sites (tertiary alicyclic amines) is 1. The number of amides is 1. The zero-order chi connectivity index (χ0) is 16.5. The van der Waals surface area contributed by atoms with Crippen LogP contribution in [-0.2, 0) is 4.79 Å². The molecule has 0 N–H and O–H groups in total. The van der Waals surface area contributed by atoms with Crippen LogP contribution in [0, 0.1) is 6.92 Å². The SMILES string of the molecule is Cc1csc(C2CCCCN2C(=O)C2CCOc3ccccc32)n1. The molecule has 126 valence electrons. The second kappa shape index (κ2) is 6.55. The molecule has 1 amide bonds. The summed E-state index contributed by atoms with van der Waals surface area (Å²) in [5.74, 6) is 1.01. The summed E-state index contributed by atoms with van der Waals surface area (Å²) in [6.45, 7) is 3.47. The average molecular weight is 342 g/mol. The summed E-state index contributed by atoms with van der Waals surface area (Å²) in [5.41, 5.74) is 2.08. The Hall–Kier alpha value is -1.88. The fourth-order valence-corrected chi connectivity index (χ4v) is 4.72. The predicted molar refractivity (Wildman–Crippen MR) is 94.5 cm³/mol. The van der Waals surface area contributed by atoms with E-state index in [0.29, 0.717) is 6.61 Å². The van der Waals surface area contributed by atoms with E-state index in [9.17, 15) is 4.79 Å². The minimum Gasteiger partial charge on any atom is -0.493 e. The van der Waals surface area contributed by atoms with Crippen LogP contribution in [0.25, 0.3) is 0 Å². The highest BCUT2D eigenvalue weighted by atomic mass is 32.1. The summed E-state index contributed by atoms with van der Waals surface area (Å²) in [6.07, 6.45) is 4.02. The van der Waals surface area contributed by atoms with Crippen molar-refractivity contribution < 1.29 is 9.53 Å². The zero-order valence-electron chi connectivity index (χ0n) is 13.9. The molecule has 4 rings (SSSR count). The number of ether oxygens (including phenoxy) is 1. The lowest BCUT2D eigenvalue weighted by molar-refractivity contribution is -0.137. The van der Waals surface area contributed by atoms with Crippen molar-refractivity contribution in [3.8, 4) is 5.75 Å². The number of benzene rings is 1. The molecule has 3 heterocycles. The number of para-hydroxylation sites is 1. The topological polar surface area (TPSA) is 42.4 Å². The van der Waals surface area contributed by atoms with Crippen LogP contribution in [0.3, 0.4) is 0 Å². The molecule has 1 fully saturated rings. The van der Waals surface area contributed by atoms with Gasteiger partial charge in [-0.2, -0.15) is 0 Å². The number of piperidine rings is 1. The highest BCUT2D eigenvalue weighted by molar-refractivity contribution is 7.09. The minimum absolute atomic E-state index is 0.0865. The lowest BCUT2D eigenvalue weighted by Gasteiger charge is -2.38. The van der Waals surface area contributed by atoms with Gasteiger partial charge in [0.1, 0.15) is 10.8 Å². The maximum absolute atomic E-state index is 13.4. The van der Waals surface area contributed by atoms with Crippen LogP contribution in [-0.4, -0.2) is 28.9 Å². The third-order valence-corrected chi connectivity index (χ3v) is 6.03. The van der Waals surface area contributed by atoms with Crippen molar-refractivity contribution in [2.45, 2.75) is 44.6 Å². The van der Waals surface area contributed by atoms with Gasteiger partial charge in [0, 0.05) is 23.2 Å². The van der Waals surface area contributed by atoms with E-state index < -0.39 is 0 Å². The second-order valence-corrected chi connectivity index (χ2v) is 7.49. The van der Waals surface area contributed by atoms with Gasteiger partial charge in [0.25, 0.3) is 0 Å². The summed E-state index contributed by atoms with van der Waals surface area (Å²) in [4.78, 5) is 20.1. The van der Waals surface area contributed by atoms with Gasteiger partial charge in [-0.05, 0) is 38.7 Å². The summed E-state index contributed by atoms with van der Waals surface area (Å²) >= 11 is 1.68. The predicted octanol–water partition coefficient (Wildman–Crippen LogP) is 4.07. The summed E-state index contributed by atoms with van der Waals surface area (Å²) in [6, 6.07) is 8.09. The number of aryl methyl sites for hydroxylation is 1. The summed E-state index contributed by atoms with van der Waals surface area (Å²) in [5, 5.41) is 3.16. The summed E-state index contributed by atoms with van der Waals surface area (Å²) < 4.78 is 5.72. The lowest BCUT2D eigenvalue weighted by atomic mass is 9.90. The quantitative estimate of drug-likeness (QED) is 0.826. The number of rotatable bonds is 2. The largest absolute Gasteiger partial charge is 0.493 e. The molecular weight excluding hydrogens is 320 g/mol. The van der Waals surface area contributed by atoms with Gasteiger partial charge in [0.15, 0.2) is 0 Å². The van der Waals surface area contributed by atoms with Gasteiger partial charge in [-0.25, -0.2) is 4.98 Å². The van der Waals surface area contributed by atoms with E-state index in [0.717, 1.165) is 54.2 Å². The molecule has 1 saturated heterocycles. The average Bonchev–Trinajstić information content (AvgIpc) is 3.07. The van der Waals surface area contributed by atoms with E-state index in [4.69, 9.17) is 4.74 Å². The maximum Gasteiger partial charge on any atom is 0.230 e. The Morgan fingerprint density at radius 2 is 2.17 bits per heavy atom. The van der Waals surface area contributed by atoms with Crippen molar-refractivity contribution in [3.05, 3.63) is 45.9 Å². The van der Waals surface area contributed by atoms with Crippen molar-refractivity contribution in [1.29, 1.82) is 0 Å². The monoisotopic (exact) mass is 342 g/mol. The first-order valence-corrected chi connectivity index (χ1v) is 9.56. The van der Waals surface area contributed by atoms with Gasteiger partial charge < -0.3 is 9.64 Å². The van der Waals surface area contributed by atoms with Crippen LogP contribution in [0.5, 0.6) is 5.75 Å². The van der Waals surface area contributed by atoms with Gasteiger partial charge in [-0.1, -0.05) is 18.2 Å². The molecule has 2 aliphatic rings. The normalized spacial score (nSPS) is 23.5. The third kappa shape index (κ3) is 2.81. The van der Waals surface area contributed by atoms with E-state index in [1.165, 1.54) is 0 Å². The third-order valence-electron chi connectivity index (χ3n) is 4.96. The number of fused-ring (bicyclic) bond motifs is 1. The molecule has 0 aliphatic carbocycles. The first-order valence-electron chi connectivity index (χ1n) is 8.68. The van der Waals surface area contributed by atoms with E-state index >= 15 is 0 Å². The molecule has 2 aromatic rings. The van der Waals surface area contributed by atoms with Crippen molar-refractivity contribution >= 4 is 17.2 Å². The lowest BCUT2D eigenvalue weighted by Crippen LogP contribution is -2.42. The van der Waals surface area contributed by atoms with Gasteiger partial charge >= 0.3 is 0 Å². The Morgan fingerprint density at radius 3 is 3.00 bits per heavy atom. The Labute approximate surface area is 146 Å². The molecule has 4 nitrogen and oxygen atoms in total. The Kier molecular flexibility index (Phi) is 4.27. The number of nitrogens with zero attached hydrogens (tertiary/aromatic N) is 2. The molecule has 0 spiro atoms. The smallest absolute Gasteiger partial charge is 0.230 e. The van der Waals surface area contributed by atoms with Crippen molar-refractivity contribution in [2.75, 3.05) is 13.2 Å². The minimum atomic E-state index is -0.0865. The van der Waals surface area contributed by atoms with Gasteiger partial charge in [0.05, 0.1) is 18.6 Å². The van der Waals surface area contributed by atoms with Gasteiger partial charge in [-0.15, -0.1) is 11.3 Å². The number of hydrogen-bond donors (Lipinski definition) is 0. The highest BCUT2D eigenvalue weighted by Crippen LogP contribution is 2.39. The molecule has 2 atom stereocenters.